The summed E-state index contributed by atoms with van der Waals surface area (Å²) >= 11 is 0. The van der Waals surface area contributed by atoms with E-state index in [4.69, 9.17) is 9.47 Å². The van der Waals surface area contributed by atoms with Gasteiger partial charge in [0, 0.05) is 5.56 Å². The van der Waals surface area contributed by atoms with Gasteiger partial charge in [0.15, 0.2) is 0 Å². The Bertz CT molecular complexity index is 926. The third kappa shape index (κ3) is 4.34. The Morgan fingerprint density at radius 2 is 1.23 bits per heavy atom. The van der Waals surface area contributed by atoms with Crippen LogP contribution in [-0.4, -0.2) is 14.2 Å². The van der Waals surface area contributed by atoms with Gasteiger partial charge in [0.05, 0.1) is 14.2 Å². The number of hydrogen-bond donors (Lipinski definition) is 0. The van der Waals surface area contributed by atoms with Gasteiger partial charge >= 0.3 is 0 Å². The standard InChI is InChI=1S/C24H20O2/c1-25-22-15-11-19(12-16-22)7-6-10-24(20-8-4-3-5-9-20)21-13-17-23(26-2)18-14-21/h3-5,8-18H,1-2H3/b24-10-. The van der Waals surface area contributed by atoms with Crippen molar-refractivity contribution in [3.8, 4) is 23.3 Å². The van der Waals surface area contributed by atoms with E-state index < -0.39 is 0 Å². The molecule has 3 aromatic carbocycles. The first-order valence-corrected chi connectivity index (χ1v) is 8.36. The van der Waals surface area contributed by atoms with Crippen LogP contribution in [0.5, 0.6) is 11.5 Å². The predicted molar refractivity (Wildman–Crippen MR) is 106 cm³/mol. The van der Waals surface area contributed by atoms with Crippen LogP contribution >= 0.6 is 0 Å². The highest BCUT2D eigenvalue weighted by atomic mass is 16.5. The Morgan fingerprint density at radius 3 is 1.81 bits per heavy atom. The number of methoxy groups -OCH3 is 2. The molecule has 0 heterocycles. The Morgan fingerprint density at radius 1 is 0.692 bits per heavy atom. The van der Waals surface area contributed by atoms with Gasteiger partial charge in [0.1, 0.15) is 11.5 Å². The molecule has 0 atom stereocenters. The number of rotatable bonds is 4. The third-order valence-corrected chi connectivity index (χ3v) is 4.01. The maximum Gasteiger partial charge on any atom is 0.118 e. The molecule has 0 aromatic heterocycles. The minimum atomic E-state index is 0.828. The highest BCUT2D eigenvalue weighted by molar-refractivity contribution is 5.81. The molecule has 3 aromatic rings. The zero-order valence-electron chi connectivity index (χ0n) is 14.9. The molecule has 0 aliphatic heterocycles. The molecule has 2 nitrogen and oxygen atoms in total. The van der Waals surface area contributed by atoms with Gasteiger partial charge in [-0.25, -0.2) is 0 Å². The second kappa shape index (κ2) is 8.60. The molecule has 0 fully saturated rings. The molecule has 26 heavy (non-hydrogen) atoms. The Kier molecular flexibility index (Phi) is 5.75. The molecule has 0 radical (unpaired) electrons. The molecular formula is C24H20O2. The molecule has 0 N–H and O–H groups in total. The van der Waals surface area contributed by atoms with Crippen molar-refractivity contribution in [1.29, 1.82) is 0 Å². The van der Waals surface area contributed by atoms with Gasteiger partial charge in [-0.05, 0) is 59.2 Å². The van der Waals surface area contributed by atoms with E-state index in [1.165, 1.54) is 0 Å². The lowest BCUT2D eigenvalue weighted by molar-refractivity contribution is 0.414. The van der Waals surface area contributed by atoms with Crippen LogP contribution in [0.3, 0.4) is 0 Å². The lowest BCUT2D eigenvalue weighted by atomic mass is 9.97. The van der Waals surface area contributed by atoms with Crippen molar-refractivity contribution in [1.82, 2.24) is 0 Å². The largest absolute Gasteiger partial charge is 0.497 e. The molecule has 0 saturated carbocycles. The SMILES string of the molecule is COc1ccc(C#C/C=C(/c2ccccc2)c2ccc(OC)cc2)cc1. The third-order valence-electron chi connectivity index (χ3n) is 4.01. The zero-order valence-corrected chi connectivity index (χ0v) is 14.9. The predicted octanol–water partition coefficient (Wildman–Crippen LogP) is 5.19. The molecule has 0 spiro atoms. The molecule has 0 unspecified atom stereocenters. The van der Waals surface area contributed by atoms with Crippen LogP contribution in [0.1, 0.15) is 16.7 Å². The first kappa shape index (κ1) is 17.4. The minimum absolute atomic E-state index is 0.828. The Balaban J connectivity index is 1.95. The summed E-state index contributed by atoms with van der Waals surface area (Å²) in [5.41, 5.74) is 4.25. The van der Waals surface area contributed by atoms with Crippen molar-refractivity contribution in [2.45, 2.75) is 0 Å². The van der Waals surface area contributed by atoms with Crippen LogP contribution in [0.15, 0.2) is 84.9 Å². The van der Waals surface area contributed by atoms with Crippen LogP contribution in [-0.2, 0) is 0 Å². The summed E-state index contributed by atoms with van der Waals surface area (Å²) in [5.74, 6) is 8.03. The number of benzene rings is 3. The minimum Gasteiger partial charge on any atom is -0.497 e. The maximum absolute atomic E-state index is 5.25. The van der Waals surface area contributed by atoms with Crippen molar-refractivity contribution in [2.75, 3.05) is 14.2 Å². The number of ether oxygens (including phenoxy) is 2. The van der Waals surface area contributed by atoms with Crippen molar-refractivity contribution in [3.05, 3.63) is 102 Å². The van der Waals surface area contributed by atoms with Crippen LogP contribution < -0.4 is 9.47 Å². The van der Waals surface area contributed by atoms with Crippen LogP contribution in [0, 0.1) is 11.8 Å². The molecule has 0 aliphatic rings. The van der Waals surface area contributed by atoms with Gasteiger partial charge < -0.3 is 9.47 Å². The lowest BCUT2D eigenvalue weighted by Gasteiger charge is -2.08. The fourth-order valence-electron chi connectivity index (χ4n) is 2.59. The molecule has 0 amide bonds. The first-order valence-electron chi connectivity index (χ1n) is 8.36. The van der Waals surface area contributed by atoms with E-state index in [-0.39, 0.29) is 0 Å². The quantitative estimate of drug-likeness (QED) is 0.609. The van der Waals surface area contributed by atoms with E-state index in [0.29, 0.717) is 0 Å². The smallest absolute Gasteiger partial charge is 0.118 e. The van der Waals surface area contributed by atoms with E-state index in [9.17, 15) is 0 Å². The van der Waals surface area contributed by atoms with Gasteiger partial charge in [-0.1, -0.05) is 54.3 Å². The van der Waals surface area contributed by atoms with E-state index >= 15 is 0 Å². The summed E-state index contributed by atoms with van der Waals surface area (Å²) in [5, 5.41) is 0. The molecule has 0 aliphatic carbocycles. The fraction of sp³-hybridized carbons (Fsp3) is 0.0833. The highest BCUT2D eigenvalue weighted by Crippen LogP contribution is 2.25. The number of hydrogen-bond acceptors (Lipinski definition) is 2. The average Bonchev–Trinajstić information content (AvgIpc) is 2.72. The van der Waals surface area contributed by atoms with Crippen molar-refractivity contribution >= 4 is 5.57 Å². The van der Waals surface area contributed by atoms with E-state index in [2.05, 4.69) is 24.0 Å². The van der Waals surface area contributed by atoms with Crippen LogP contribution in [0.2, 0.25) is 0 Å². The van der Waals surface area contributed by atoms with Gasteiger partial charge in [0.25, 0.3) is 0 Å². The van der Waals surface area contributed by atoms with E-state index in [0.717, 1.165) is 33.8 Å². The molecule has 2 heteroatoms. The highest BCUT2D eigenvalue weighted by Gasteiger charge is 2.04. The van der Waals surface area contributed by atoms with E-state index in [1.807, 2.05) is 72.8 Å². The van der Waals surface area contributed by atoms with Gasteiger partial charge in [-0.2, -0.15) is 0 Å². The average molecular weight is 340 g/mol. The Labute approximate surface area is 154 Å². The second-order valence-corrected chi connectivity index (χ2v) is 5.65. The second-order valence-electron chi connectivity index (χ2n) is 5.65. The van der Waals surface area contributed by atoms with Crippen LogP contribution in [0.4, 0.5) is 0 Å². The monoisotopic (exact) mass is 340 g/mol. The lowest BCUT2D eigenvalue weighted by Crippen LogP contribution is -1.89. The van der Waals surface area contributed by atoms with Crippen molar-refractivity contribution in [3.63, 3.8) is 0 Å². The molecule has 128 valence electrons. The Hall–Kier alpha value is -3.44. The normalized spacial score (nSPS) is 10.6. The summed E-state index contributed by atoms with van der Waals surface area (Å²) in [4.78, 5) is 0. The zero-order chi connectivity index (χ0) is 18.2. The topological polar surface area (TPSA) is 18.5 Å². The number of allylic oxidation sites excluding steroid dienone is 1. The maximum atomic E-state index is 5.25. The van der Waals surface area contributed by atoms with E-state index in [1.54, 1.807) is 14.2 Å². The van der Waals surface area contributed by atoms with Crippen LogP contribution in [0.25, 0.3) is 5.57 Å². The van der Waals surface area contributed by atoms with Gasteiger partial charge in [0.2, 0.25) is 0 Å². The van der Waals surface area contributed by atoms with Crippen molar-refractivity contribution < 1.29 is 9.47 Å². The summed E-state index contributed by atoms with van der Waals surface area (Å²) in [7, 11) is 3.33. The summed E-state index contributed by atoms with van der Waals surface area (Å²) < 4.78 is 10.4. The van der Waals surface area contributed by atoms with Gasteiger partial charge in [-0.15, -0.1) is 0 Å². The molecular weight excluding hydrogens is 320 g/mol. The first-order chi connectivity index (χ1) is 12.8. The summed E-state index contributed by atoms with van der Waals surface area (Å²) in [6.45, 7) is 0. The van der Waals surface area contributed by atoms with Crippen molar-refractivity contribution in [2.24, 2.45) is 0 Å². The van der Waals surface area contributed by atoms with Gasteiger partial charge in [-0.3, -0.25) is 0 Å². The fourth-order valence-corrected chi connectivity index (χ4v) is 2.59. The molecule has 3 rings (SSSR count). The summed E-state index contributed by atoms with van der Waals surface area (Å²) in [6, 6.07) is 26.0. The molecule has 0 bridgehead atoms. The summed E-state index contributed by atoms with van der Waals surface area (Å²) in [6.07, 6.45) is 1.96. The molecule has 0 saturated heterocycles.